The Hall–Kier alpha value is -3.92. The number of hydrogen-bond donors (Lipinski definition) is 1. The SMILES string of the molecule is O=C(Nc1ccc2c3c(cccc13)C(=O)N2c1ccccc1)c1ccccc1. The van der Waals surface area contributed by atoms with Gasteiger partial charge in [-0.25, -0.2) is 0 Å². The smallest absolute Gasteiger partial charge is 0.263 e. The van der Waals surface area contributed by atoms with E-state index in [1.54, 1.807) is 17.0 Å². The van der Waals surface area contributed by atoms with Gasteiger partial charge in [0.25, 0.3) is 11.8 Å². The van der Waals surface area contributed by atoms with Gasteiger partial charge in [0.05, 0.1) is 11.3 Å². The number of anilines is 3. The summed E-state index contributed by atoms with van der Waals surface area (Å²) < 4.78 is 0. The predicted octanol–water partition coefficient (Wildman–Crippen LogP) is 5.38. The zero-order chi connectivity index (χ0) is 19.1. The molecule has 4 heteroatoms. The first-order chi connectivity index (χ1) is 13.7. The third kappa shape index (κ3) is 2.47. The molecule has 0 saturated carbocycles. The first kappa shape index (κ1) is 16.3. The summed E-state index contributed by atoms with van der Waals surface area (Å²) in [6, 6.07) is 28.0. The molecule has 0 unspecified atom stereocenters. The van der Waals surface area contributed by atoms with E-state index < -0.39 is 0 Å². The summed E-state index contributed by atoms with van der Waals surface area (Å²) >= 11 is 0. The van der Waals surface area contributed by atoms with Crippen molar-refractivity contribution in [2.75, 3.05) is 10.2 Å². The van der Waals surface area contributed by atoms with Crippen molar-refractivity contribution in [1.82, 2.24) is 0 Å². The molecule has 0 spiro atoms. The van der Waals surface area contributed by atoms with Crippen LogP contribution in [0.5, 0.6) is 0 Å². The first-order valence-corrected chi connectivity index (χ1v) is 9.06. The largest absolute Gasteiger partial charge is 0.321 e. The van der Waals surface area contributed by atoms with Crippen LogP contribution in [0.3, 0.4) is 0 Å². The van der Waals surface area contributed by atoms with E-state index in [2.05, 4.69) is 5.32 Å². The number of benzene rings is 4. The maximum atomic E-state index is 13.1. The molecule has 28 heavy (non-hydrogen) atoms. The molecule has 134 valence electrons. The maximum absolute atomic E-state index is 13.1. The van der Waals surface area contributed by atoms with Crippen LogP contribution in [0.1, 0.15) is 20.7 Å². The van der Waals surface area contributed by atoms with Gasteiger partial charge in [-0.2, -0.15) is 0 Å². The first-order valence-electron chi connectivity index (χ1n) is 9.06. The molecule has 0 bridgehead atoms. The minimum atomic E-state index is -0.175. The highest BCUT2D eigenvalue weighted by Gasteiger charge is 2.31. The van der Waals surface area contributed by atoms with Crippen molar-refractivity contribution in [3.63, 3.8) is 0 Å². The van der Waals surface area contributed by atoms with E-state index in [1.807, 2.05) is 78.9 Å². The Kier molecular flexibility index (Phi) is 3.69. The number of nitrogens with one attached hydrogen (secondary N) is 1. The van der Waals surface area contributed by atoms with Crippen molar-refractivity contribution in [2.45, 2.75) is 0 Å². The Morgan fingerprint density at radius 3 is 2.21 bits per heavy atom. The van der Waals surface area contributed by atoms with Crippen LogP contribution in [-0.4, -0.2) is 11.8 Å². The number of para-hydroxylation sites is 1. The van der Waals surface area contributed by atoms with Crippen LogP contribution < -0.4 is 10.2 Å². The van der Waals surface area contributed by atoms with Gasteiger partial charge in [0, 0.05) is 27.7 Å². The fourth-order valence-corrected chi connectivity index (χ4v) is 3.71. The summed E-state index contributed by atoms with van der Waals surface area (Å²) in [5, 5.41) is 4.70. The van der Waals surface area contributed by atoms with E-state index in [0.29, 0.717) is 16.8 Å². The van der Waals surface area contributed by atoms with E-state index in [9.17, 15) is 9.59 Å². The highest BCUT2D eigenvalue weighted by molar-refractivity contribution is 6.29. The quantitative estimate of drug-likeness (QED) is 0.530. The lowest BCUT2D eigenvalue weighted by Crippen LogP contribution is -2.20. The van der Waals surface area contributed by atoms with Crippen molar-refractivity contribution in [3.8, 4) is 0 Å². The van der Waals surface area contributed by atoms with Crippen molar-refractivity contribution < 1.29 is 9.59 Å². The summed E-state index contributed by atoms with van der Waals surface area (Å²) in [6.07, 6.45) is 0. The lowest BCUT2D eigenvalue weighted by atomic mass is 10.0. The lowest BCUT2D eigenvalue weighted by molar-refractivity contribution is 0.100. The van der Waals surface area contributed by atoms with E-state index in [4.69, 9.17) is 0 Å². The zero-order valence-electron chi connectivity index (χ0n) is 14.9. The second-order valence-electron chi connectivity index (χ2n) is 6.66. The zero-order valence-corrected chi connectivity index (χ0v) is 14.9. The van der Waals surface area contributed by atoms with E-state index >= 15 is 0 Å². The molecular formula is C24H16N2O2. The highest BCUT2D eigenvalue weighted by Crippen LogP contribution is 2.43. The highest BCUT2D eigenvalue weighted by atomic mass is 16.2. The van der Waals surface area contributed by atoms with Gasteiger partial charge in [-0.15, -0.1) is 0 Å². The third-order valence-corrected chi connectivity index (χ3v) is 4.99. The second kappa shape index (κ2) is 6.35. The third-order valence-electron chi connectivity index (χ3n) is 4.99. The van der Waals surface area contributed by atoms with Crippen LogP contribution in [-0.2, 0) is 0 Å². The minimum absolute atomic E-state index is 0.0571. The molecule has 0 atom stereocenters. The lowest BCUT2D eigenvalue weighted by Gasteiger charge is -2.18. The molecule has 4 aromatic carbocycles. The summed E-state index contributed by atoms with van der Waals surface area (Å²) in [5.74, 6) is -0.233. The molecule has 1 aliphatic rings. The molecule has 4 nitrogen and oxygen atoms in total. The maximum Gasteiger partial charge on any atom is 0.263 e. The van der Waals surface area contributed by atoms with Crippen molar-refractivity contribution in [2.24, 2.45) is 0 Å². The van der Waals surface area contributed by atoms with Crippen molar-refractivity contribution >= 4 is 39.6 Å². The fourth-order valence-electron chi connectivity index (χ4n) is 3.71. The fraction of sp³-hybridized carbons (Fsp3) is 0. The number of rotatable bonds is 3. The molecule has 0 fully saturated rings. The van der Waals surface area contributed by atoms with E-state index in [0.717, 1.165) is 22.1 Å². The Labute approximate surface area is 162 Å². The number of hydrogen-bond acceptors (Lipinski definition) is 2. The predicted molar refractivity (Wildman–Crippen MR) is 111 cm³/mol. The monoisotopic (exact) mass is 364 g/mol. The molecule has 2 amide bonds. The average Bonchev–Trinajstić information content (AvgIpc) is 3.04. The second-order valence-corrected chi connectivity index (χ2v) is 6.66. The van der Waals surface area contributed by atoms with Crippen molar-refractivity contribution in [3.05, 3.63) is 102 Å². The number of amides is 2. The van der Waals surface area contributed by atoms with Crippen LogP contribution in [0.15, 0.2) is 91.0 Å². The topological polar surface area (TPSA) is 49.4 Å². The Morgan fingerprint density at radius 2 is 1.46 bits per heavy atom. The van der Waals surface area contributed by atoms with Gasteiger partial charge < -0.3 is 5.32 Å². The van der Waals surface area contributed by atoms with Crippen LogP contribution in [0.4, 0.5) is 17.1 Å². The summed E-state index contributed by atoms with van der Waals surface area (Å²) in [6.45, 7) is 0. The molecule has 1 aliphatic heterocycles. The van der Waals surface area contributed by atoms with Gasteiger partial charge in [-0.05, 0) is 42.5 Å². The Balaban J connectivity index is 1.62. The molecule has 0 aliphatic carbocycles. The summed E-state index contributed by atoms with van der Waals surface area (Å²) in [4.78, 5) is 27.4. The molecule has 1 N–H and O–H groups in total. The molecule has 4 aromatic rings. The van der Waals surface area contributed by atoms with Crippen LogP contribution in [0.25, 0.3) is 10.8 Å². The van der Waals surface area contributed by atoms with Gasteiger partial charge in [0.15, 0.2) is 0 Å². The van der Waals surface area contributed by atoms with Gasteiger partial charge >= 0.3 is 0 Å². The number of nitrogens with zero attached hydrogens (tertiary/aromatic N) is 1. The van der Waals surface area contributed by atoms with Gasteiger partial charge in [-0.1, -0.05) is 48.5 Å². The summed E-state index contributed by atoms with van der Waals surface area (Å²) in [5.41, 5.74) is 3.59. The van der Waals surface area contributed by atoms with Gasteiger partial charge in [0.2, 0.25) is 0 Å². The molecule has 0 saturated heterocycles. The van der Waals surface area contributed by atoms with E-state index in [1.165, 1.54) is 0 Å². The molecule has 5 rings (SSSR count). The Bertz CT molecular complexity index is 1220. The van der Waals surface area contributed by atoms with Gasteiger partial charge in [-0.3, -0.25) is 14.5 Å². The molecule has 0 aromatic heterocycles. The van der Waals surface area contributed by atoms with Gasteiger partial charge in [0.1, 0.15) is 0 Å². The van der Waals surface area contributed by atoms with Crippen LogP contribution in [0, 0.1) is 0 Å². The number of carbonyl (C=O) groups excluding carboxylic acids is 2. The molecule has 0 radical (unpaired) electrons. The number of carbonyl (C=O) groups is 2. The minimum Gasteiger partial charge on any atom is -0.321 e. The molecular weight excluding hydrogens is 348 g/mol. The van der Waals surface area contributed by atoms with Crippen LogP contribution >= 0.6 is 0 Å². The van der Waals surface area contributed by atoms with Crippen molar-refractivity contribution in [1.29, 1.82) is 0 Å². The van der Waals surface area contributed by atoms with E-state index in [-0.39, 0.29) is 11.8 Å². The molecule has 1 heterocycles. The standard InChI is InChI=1S/C24H16N2O2/c27-23(16-8-3-1-4-9-16)25-20-14-15-21-22-18(20)12-7-13-19(22)24(28)26(21)17-10-5-2-6-11-17/h1-15H,(H,25,27). The average molecular weight is 364 g/mol. The van der Waals surface area contributed by atoms with Crippen LogP contribution in [0.2, 0.25) is 0 Å². The summed E-state index contributed by atoms with van der Waals surface area (Å²) in [7, 11) is 0. The Morgan fingerprint density at radius 1 is 0.750 bits per heavy atom. The normalized spacial score (nSPS) is 12.4.